The summed E-state index contributed by atoms with van der Waals surface area (Å²) >= 11 is 0. The van der Waals surface area contributed by atoms with E-state index in [1.165, 1.54) is 18.2 Å². The molecule has 18 heavy (non-hydrogen) atoms. The van der Waals surface area contributed by atoms with Crippen molar-refractivity contribution in [3.8, 4) is 6.07 Å². The van der Waals surface area contributed by atoms with E-state index < -0.39 is 17.8 Å². The van der Waals surface area contributed by atoms with Crippen molar-refractivity contribution >= 4 is 5.97 Å². The minimum Gasteiger partial charge on any atom is -0.480 e. The number of carboxylic acid groups (broad SMARTS) is 1. The molecule has 0 spiro atoms. The standard InChI is InChI=1S/C13H13FN2O2/c14-11-4-3-9(7-15)6-10(11)8-16-5-1-2-12(16)13(17)18/h3-4,6,12H,1-2,5,8H2,(H,17,18). The summed E-state index contributed by atoms with van der Waals surface area (Å²) in [6.07, 6.45) is 1.39. The highest BCUT2D eigenvalue weighted by Gasteiger charge is 2.30. The van der Waals surface area contributed by atoms with Crippen molar-refractivity contribution in [2.75, 3.05) is 6.54 Å². The van der Waals surface area contributed by atoms with Crippen molar-refractivity contribution in [1.29, 1.82) is 5.26 Å². The number of hydrogen-bond donors (Lipinski definition) is 1. The summed E-state index contributed by atoms with van der Waals surface area (Å²) in [5.74, 6) is -1.27. The molecular weight excluding hydrogens is 235 g/mol. The minimum atomic E-state index is -0.871. The van der Waals surface area contributed by atoms with E-state index in [9.17, 15) is 9.18 Å². The number of benzene rings is 1. The Hall–Kier alpha value is -1.93. The lowest BCUT2D eigenvalue weighted by molar-refractivity contribution is -0.142. The van der Waals surface area contributed by atoms with Crippen molar-refractivity contribution < 1.29 is 14.3 Å². The number of hydrogen-bond acceptors (Lipinski definition) is 3. The average Bonchev–Trinajstić information content (AvgIpc) is 2.80. The quantitative estimate of drug-likeness (QED) is 0.885. The van der Waals surface area contributed by atoms with E-state index in [1.54, 1.807) is 4.90 Å². The second kappa shape index (κ2) is 5.15. The Balaban J connectivity index is 2.18. The number of rotatable bonds is 3. The lowest BCUT2D eigenvalue weighted by atomic mass is 10.1. The summed E-state index contributed by atoms with van der Waals surface area (Å²) in [4.78, 5) is 12.8. The number of aliphatic carboxylic acids is 1. The van der Waals surface area contributed by atoms with Crippen LogP contribution < -0.4 is 0 Å². The fourth-order valence-electron chi connectivity index (χ4n) is 2.28. The highest BCUT2D eigenvalue weighted by atomic mass is 19.1. The topological polar surface area (TPSA) is 64.3 Å². The normalized spacial score (nSPS) is 19.7. The van der Waals surface area contributed by atoms with Crippen molar-refractivity contribution in [1.82, 2.24) is 4.90 Å². The van der Waals surface area contributed by atoms with Gasteiger partial charge in [0.05, 0.1) is 11.6 Å². The van der Waals surface area contributed by atoms with Gasteiger partial charge in [-0.2, -0.15) is 5.26 Å². The summed E-state index contributed by atoms with van der Waals surface area (Å²) in [5, 5.41) is 17.8. The number of nitrogens with zero attached hydrogens (tertiary/aromatic N) is 2. The molecule has 2 rings (SSSR count). The highest BCUT2D eigenvalue weighted by molar-refractivity contribution is 5.73. The molecule has 1 aliphatic rings. The Bertz CT molecular complexity index is 510. The minimum absolute atomic E-state index is 0.234. The van der Waals surface area contributed by atoms with Crippen molar-refractivity contribution in [2.45, 2.75) is 25.4 Å². The maximum atomic E-state index is 13.6. The number of nitriles is 1. The van der Waals surface area contributed by atoms with E-state index in [0.29, 0.717) is 24.1 Å². The molecule has 4 nitrogen and oxygen atoms in total. The van der Waals surface area contributed by atoms with E-state index in [4.69, 9.17) is 10.4 Å². The van der Waals surface area contributed by atoms with Crippen molar-refractivity contribution in [3.05, 3.63) is 35.1 Å². The van der Waals surface area contributed by atoms with Gasteiger partial charge in [-0.15, -0.1) is 0 Å². The third kappa shape index (κ3) is 2.49. The fraction of sp³-hybridized carbons (Fsp3) is 0.385. The largest absolute Gasteiger partial charge is 0.480 e. The smallest absolute Gasteiger partial charge is 0.320 e. The molecule has 1 aliphatic heterocycles. The zero-order chi connectivity index (χ0) is 13.1. The molecule has 0 radical (unpaired) electrons. The lowest BCUT2D eigenvalue weighted by Gasteiger charge is -2.21. The molecule has 1 atom stereocenters. The molecule has 94 valence electrons. The fourth-order valence-corrected chi connectivity index (χ4v) is 2.28. The summed E-state index contributed by atoms with van der Waals surface area (Å²) in [5.41, 5.74) is 0.764. The van der Waals surface area contributed by atoms with Gasteiger partial charge in [0.25, 0.3) is 0 Å². The van der Waals surface area contributed by atoms with Crippen LogP contribution in [0.4, 0.5) is 4.39 Å². The van der Waals surface area contributed by atoms with Crippen LogP contribution >= 0.6 is 0 Å². The number of likely N-dealkylation sites (tertiary alicyclic amines) is 1. The highest BCUT2D eigenvalue weighted by Crippen LogP contribution is 2.22. The second-order valence-corrected chi connectivity index (χ2v) is 4.38. The molecule has 0 bridgehead atoms. The van der Waals surface area contributed by atoms with Gasteiger partial charge in [-0.05, 0) is 37.6 Å². The molecule has 0 aliphatic carbocycles. The van der Waals surface area contributed by atoms with Crippen LogP contribution in [0.5, 0.6) is 0 Å². The van der Waals surface area contributed by atoms with Crippen LogP contribution in [0.25, 0.3) is 0 Å². The Kier molecular flexibility index (Phi) is 3.58. The van der Waals surface area contributed by atoms with E-state index in [1.807, 2.05) is 6.07 Å². The van der Waals surface area contributed by atoms with Crippen molar-refractivity contribution in [2.24, 2.45) is 0 Å². The molecule has 0 aromatic heterocycles. The first-order valence-electron chi connectivity index (χ1n) is 5.77. The predicted octanol–water partition coefficient (Wildman–Crippen LogP) is 1.75. The van der Waals surface area contributed by atoms with E-state index in [-0.39, 0.29) is 6.54 Å². The van der Waals surface area contributed by atoms with Crippen LogP contribution in [0, 0.1) is 17.1 Å². The molecule has 1 aromatic rings. The van der Waals surface area contributed by atoms with Crippen molar-refractivity contribution in [3.63, 3.8) is 0 Å². The molecular formula is C13H13FN2O2. The Morgan fingerprint density at radius 3 is 3.06 bits per heavy atom. The van der Waals surface area contributed by atoms with Gasteiger partial charge >= 0.3 is 5.97 Å². The number of halogens is 1. The van der Waals surface area contributed by atoms with Crippen LogP contribution in [0.1, 0.15) is 24.0 Å². The third-order valence-electron chi connectivity index (χ3n) is 3.20. The Morgan fingerprint density at radius 2 is 2.39 bits per heavy atom. The summed E-state index contributed by atoms with van der Waals surface area (Å²) < 4.78 is 13.6. The van der Waals surface area contributed by atoms with Crippen LogP contribution in [0.3, 0.4) is 0 Å². The van der Waals surface area contributed by atoms with E-state index in [2.05, 4.69) is 0 Å². The first-order chi connectivity index (χ1) is 8.61. The molecule has 0 saturated carbocycles. The van der Waals surface area contributed by atoms with Gasteiger partial charge in [0.2, 0.25) is 0 Å². The first-order valence-corrected chi connectivity index (χ1v) is 5.77. The maximum absolute atomic E-state index is 13.6. The second-order valence-electron chi connectivity index (χ2n) is 4.38. The molecule has 1 heterocycles. The predicted molar refractivity (Wildman–Crippen MR) is 62.2 cm³/mol. The SMILES string of the molecule is N#Cc1ccc(F)c(CN2CCCC2C(=O)O)c1. The average molecular weight is 248 g/mol. The maximum Gasteiger partial charge on any atom is 0.320 e. The van der Waals surface area contributed by atoms with Gasteiger partial charge in [0, 0.05) is 12.1 Å². The van der Waals surface area contributed by atoms with Crippen LogP contribution in [-0.2, 0) is 11.3 Å². The summed E-state index contributed by atoms with van der Waals surface area (Å²) in [6.45, 7) is 0.880. The monoisotopic (exact) mass is 248 g/mol. The number of carboxylic acids is 1. The van der Waals surface area contributed by atoms with Crippen LogP contribution in [0.2, 0.25) is 0 Å². The zero-order valence-electron chi connectivity index (χ0n) is 9.77. The van der Waals surface area contributed by atoms with Crippen LogP contribution in [-0.4, -0.2) is 28.6 Å². The molecule has 0 amide bonds. The van der Waals surface area contributed by atoms with Gasteiger partial charge in [-0.1, -0.05) is 0 Å². The van der Waals surface area contributed by atoms with Gasteiger partial charge < -0.3 is 5.11 Å². The summed E-state index contributed by atoms with van der Waals surface area (Å²) in [6, 6.07) is 5.55. The molecule has 1 unspecified atom stereocenters. The van der Waals surface area contributed by atoms with Gasteiger partial charge in [-0.25, -0.2) is 4.39 Å². The molecule has 5 heteroatoms. The lowest BCUT2D eigenvalue weighted by Crippen LogP contribution is -2.35. The third-order valence-corrected chi connectivity index (χ3v) is 3.20. The Morgan fingerprint density at radius 1 is 1.61 bits per heavy atom. The van der Waals surface area contributed by atoms with E-state index in [0.717, 1.165) is 6.42 Å². The molecule has 1 fully saturated rings. The first kappa shape index (κ1) is 12.5. The molecule has 1 N–H and O–H groups in total. The van der Waals surface area contributed by atoms with E-state index >= 15 is 0 Å². The van der Waals surface area contributed by atoms with Gasteiger partial charge in [-0.3, -0.25) is 9.69 Å². The number of carbonyl (C=O) groups is 1. The van der Waals surface area contributed by atoms with Crippen LogP contribution in [0.15, 0.2) is 18.2 Å². The molecule has 1 aromatic carbocycles. The van der Waals surface area contributed by atoms with Gasteiger partial charge in [0.1, 0.15) is 11.9 Å². The molecule has 1 saturated heterocycles. The summed E-state index contributed by atoms with van der Waals surface area (Å²) in [7, 11) is 0. The zero-order valence-corrected chi connectivity index (χ0v) is 9.77. The van der Waals surface area contributed by atoms with Gasteiger partial charge in [0.15, 0.2) is 0 Å². The Labute approximate surface area is 104 Å².